The molecule has 0 aliphatic carbocycles. The van der Waals surface area contributed by atoms with Crippen LogP contribution in [0.15, 0.2) is 0 Å². The van der Waals surface area contributed by atoms with E-state index in [1.54, 1.807) is 0 Å². The number of hydrogen-bond acceptors (Lipinski definition) is 4. The normalized spacial score (nSPS) is 29.4. The fourth-order valence-electron chi connectivity index (χ4n) is 1.99. The van der Waals surface area contributed by atoms with E-state index >= 15 is 0 Å². The largest absolute Gasteiger partial charge is 0.479 e. The van der Waals surface area contributed by atoms with E-state index in [0.29, 0.717) is 0 Å². The summed E-state index contributed by atoms with van der Waals surface area (Å²) in [5.74, 6) is -1.21. The van der Waals surface area contributed by atoms with E-state index < -0.39 is 23.7 Å². The molecule has 1 aliphatic rings. The van der Waals surface area contributed by atoms with Gasteiger partial charge in [-0.15, -0.1) is 0 Å². The van der Waals surface area contributed by atoms with Crippen molar-refractivity contribution in [2.24, 2.45) is 0 Å². The molecule has 0 bridgehead atoms. The lowest BCUT2D eigenvalue weighted by Crippen LogP contribution is -2.55. The van der Waals surface area contributed by atoms with Crippen LogP contribution in [-0.2, 0) is 14.3 Å². The highest BCUT2D eigenvalue weighted by Gasteiger charge is 2.54. The van der Waals surface area contributed by atoms with Gasteiger partial charge in [0.2, 0.25) is 0 Å². The summed E-state index contributed by atoms with van der Waals surface area (Å²) in [6.07, 6.45) is -1.60. The third-order valence-corrected chi connectivity index (χ3v) is 2.81. The quantitative estimate of drug-likeness (QED) is 0.701. The second-order valence-corrected chi connectivity index (χ2v) is 3.72. The van der Waals surface area contributed by atoms with Gasteiger partial charge in [-0.3, -0.25) is 4.90 Å². The van der Waals surface area contributed by atoms with Crippen molar-refractivity contribution in [2.75, 3.05) is 27.4 Å². The van der Waals surface area contributed by atoms with Crippen molar-refractivity contribution in [3.8, 4) is 0 Å². The number of ether oxygens (including phenoxy) is 2. The van der Waals surface area contributed by atoms with Crippen molar-refractivity contribution in [1.82, 2.24) is 4.90 Å². The molecule has 92 valence electrons. The van der Waals surface area contributed by atoms with Crippen LogP contribution in [0.3, 0.4) is 0 Å². The van der Waals surface area contributed by atoms with Gasteiger partial charge in [0.25, 0.3) is 0 Å². The van der Waals surface area contributed by atoms with Gasteiger partial charge in [0.05, 0.1) is 19.3 Å². The van der Waals surface area contributed by atoms with Gasteiger partial charge in [-0.25, -0.2) is 9.59 Å². The van der Waals surface area contributed by atoms with Crippen LogP contribution >= 0.6 is 0 Å². The average Bonchev–Trinajstić information content (AvgIpc) is 2.59. The summed E-state index contributed by atoms with van der Waals surface area (Å²) < 4.78 is 9.84. The minimum Gasteiger partial charge on any atom is -0.479 e. The molecule has 1 amide bonds. The highest BCUT2D eigenvalue weighted by molar-refractivity contribution is 5.85. The molecular weight excluding hydrogens is 218 g/mol. The number of carboxylic acids is 1. The molecule has 0 aromatic carbocycles. The molecule has 1 fully saturated rings. The highest BCUT2D eigenvalue weighted by atomic mass is 16.5. The predicted octanol–water partition coefficient (Wildman–Crippen LogP) is -0.145. The summed E-state index contributed by atoms with van der Waals surface area (Å²) in [7, 11) is 2.76. The van der Waals surface area contributed by atoms with Crippen LogP contribution in [0.1, 0.15) is 6.42 Å². The standard InChI is InChI=1S/C9H15NO6/c1-15-5-9(7(11)12)3-6(16-2)4-10(9)8(13)14/h6H,3-5H2,1-2H3,(H,11,12)(H,13,14). The smallest absolute Gasteiger partial charge is 0.408 e. The Morgan fingerprint density at radius 2 is 2.06 bits per heavy atom. The number of likely N-dealkylation sites (tertiary alicyclic amines) is 1. The van der Waals surface area contributed by atoms with Crippen LogP contribution in [0, 0.1) is 0 Å². The first-order valence-corrected chi connectivity index (χ1v) is 4.73. The third-order valence-electron chi connectivity index (χ3n) is 2.81. The first-order chi connectivity index (χ1) is 7.47. The average molecular weight is 233 g/mol. The second kappa shape index (κ2) is 4.67. The molecule has 2 atom stereocenters. The zero-order chi connectivity index (χ0) is 12.3. The second-order valence-electron chi connectivity index (χ2n) is 3.72. The van der Waals surface area contributed by atoms with Gasteiger partial charge in [0, 0.05) is 20.6 Å². The molecule has 0 saturated carbocycles. The Balaban J connectivity index is 3.02. The fraction of sp³-hybridized carbons (Fsp3) is 0.778. The van der Waals surface area contributed by atoms with Crippen LogP contribution in [0.4, 0.5) is 4.79 Å². The number of rotatable bonds is 4. The van der Waals surface area contributed by atoms with Crippen LogP contribution in [-0.4, -0.2) is 66.2 Å². The lowest BCUT2D eigenvalue weighted by Gasteiger charge is -2.31. The maximum Gasteiger partial charge on any atom is 0.408 e. The SMILES string of the molecule is COCC1(C(=O)O)CC(OC)CN1C(=O)O. The number of nitrogens with zero attached hydrogens (tertiary/aromatic N) is 1. The van der Waals surface area contributed by atoms with Crippen LogP contribution in [0.5, 0.6) is 0 Å². The van der Waals surface area contributed by atoms with Crippen molar-refractivity contribution in [3.63, 3.8) is 0 Å². The van der Waals surface area contributed by atoms with E-state index in [-0.39, 0.29) is 19.6 Å². The summed E-state index contributed by atoms with van der Waals surface area (Å²) in [6.45, 7) is -0.143. The van der Waals surface area contributed by atoms with Crippen molar-refractivity contribution in [3.05, 3.63) is 0 Å². The van der Waals surface area contributed by atoms with Crippen LogP contribution in [0.25, 0.3) is 0 Å². The molecule has 2 unspecified atom stereocenters. The summed E-state index contributed by atoms with van der Waals surface area (Å²) in [6, 6.07) is 0. The summed E-state index contributed by atoms with van der Waals surface area (Å²) in [5.41, 5.74) is -1.54. The molecule has 1 aliphatic heterocycles. The molecule has 0 aromatic heterocycles. The molecular formula is C9H15NO6. The lowest BCUT2D eigenvalue weighted by atomic mass is 9.97. The van der Waals surface area contributed by atoms with E-state index in [1.807, 2.05) is 0 Å². The number of carbonyl (C=O) groups is 2. The zero-order valence-electron chi connectivity index (χ0n) is 9.17. The van der Waals surface area contributed by atoms with E-state index in [0.717, 1.165) is 4.90 Å². The molecule has 16 heavy (non-hydrogen) atoms. The Bertz CT molecular complexity index is 294. The van der Waals surface area contributed by atoms with E-state index in [9.17, 15) is 14.7 Å². The Hall–Kier alpha value is -1.34. The number of amides is 1. The Kier molecular flexibility index (Phi) is 3.71. The van der Waals surface area contributed by atoms with Crippen molar-refractivity contribution in [2.45, 2.75) is 18.1 Å². The maximum atomic E-state index is 11.2. The van der Waals surface area contributed by atoms with Gasteiger partial charge in [-0.1, -0.05) is 0 Å². The van der Waals surface area contributed by atoms with Crippen LogP contribution in [0.2, 0.25) is 0 Å². The van der Waals surface area contributed by atoms with E-state index in [4.69, 9.17) is 14.6 Å². The number of hydrogen-bond donors (Lipinski definition) is 2. The molecule has 2 N–H and O–H groups in total. The Morgan fingerprint density at radius 1 is 1.44 bits per heavy atom. The molecule has 1 saturated heterocycles. The van der Waals surface area contributed by atoms with E-state index in [2.05, 4.69) is 0 Å². The topological polar surface area (TPSA) is 96.3 Å². The molecule has 0 aromatic rings. The third kappa shape index (κ3) is 1.96. The molecule has 7 heteroatoms. The van der Waals surface area contributed by atoms with Gasteiger partial charge in [0.15, 0.2) is 5.54 Å². The summed E-state index contributed by atoms with van der Waals surface area (Å²) in [4.78, 5) is 23.1. The van der Waals surface area contributed by atoms with Gasteiger partial charge in [0.1, 0.15) is 0 Å². The molecule has 7 nitrogen and oxygen atoms in total. The lowest BCUT2D eigenvalue weighted by molar-refractivity contribution is -0.152. The molecule has 1 heterocycles. The van der Waals surface area contributed by atoms with Crippen LogP contribution < -0.4 is 0 Å². The maximum absolute atomic E-state index is 11.2. The van der Waals surface area contributed by atoms with Gasteiger partial charge in [-0.2, -0.15) is 0 Å². The first kappa shape index (κ1) is 12.7. The minimum atomic E-state index is -1.54. The van der Waals surface area contributed by atoms with E-state index in [1.165, 1.54) is 14.2 Å². The van der Waals surface area contributed by atoms with Crippen molar-refractivity contribution in [1.29, 1.82) is 0 Å². The molecule has 1 rings (SSSR count). The highest BCUT2D eigenvalue weighted by Crippen LogP contribution is 2.31. The van der Waals surface area contributed by atoms with Gasteiger partial charge >= 0.3 is 12.1 Å². The summed E-state index contributed by atoms with van der Waals surface area (Å²) in [5, 5.41) is 18.2. The first-order valence-electron chi connectivity index (χ1n) is 4.73. The minimum absolute atomic E-state index is 0.0431. The van der Waals surface area contributed by atoms with Crippen molar-refractivity contribution < 1.29 is 29.3 Å². The van der Waals surface area contributed by atoms with Crippen molar-refractivity contribution >= 4 is 12.1 Å². The monoisotopic (exact) mass is 233 g/mol. The fourth-order valence-corrected chi connectivity index (χ4v) is 1.99. The van der Waals surface area contributed by atoms with Gasteiger partial charge in [-0.05, 0) is 0 Å². The molecule has 0 radical (unpaired) electrons. The number of methoxy groups -OCH3 is 2. The Morgan fingerprint density at radius 3 is 2.44 bits per heavy atom. The zero-order valence-corrected chi connectivity index (χ0v) is 9.17. The van der Waals surface area contributed by atoms with Gasteiger partial charge < -0.3 is 19.7 Å². The number of aliphatic carboxylic acids is 1. The summed E-state index contributed by atoms with van der Waals surface area (Å²) >= 11 is 0. The predicted molar refractivity (Wildman–Crippen MR) is 52.4 cm³/mol. The Labute approximate surface area is 92.6 Å². The number of carboxylic acid groups (broad SMARTS) is 2. The molecule has 0 spiro atoms.